The van der Waals surface area contributed by atoms with Crippen molar-refractivity contribution < 1.29 is 27.1 Å². The number of halogens is 6. The van der Waals surface area contributed by atoms with Crippen LogP contribution in [0.3, 0.4) is 0 Å². The number of hydrogen-bond acceptors (Lipinski definition) is 3. The summed E-state index contributed by atoms with van der Waals surface area (Å²) in [6, 6.07) is 4.28. The Morgan fingerprint density at radius 2 is 1.50 bits per heavy atom. The number of nitrogens with one attached hydrogen (secondary N) is 1. The predicted molar refractivity (Wildman–Crippen MR) is 73.3 cm³/mol. The molecular formula is C13H6BrF5N2O. The molecule has 0 heterocycles. The molecule has 3 nitrogen and oxygen atoms in total. The summed E-state index contributed by atoms with van der Waals surface area (Å²) in [4.78, 5) is 0. The van der Waals surface area contributed by atoms with Gasteiger partial charge in [0.25, 0.3) is 0 Å². The molecule has 0 aliphatic rings. The molecule has 9 heteroatoms. The van der Waals surface area contributed by atoms with Crippen molar-refractivity contribution in [3.8, 4) is 5.75 Å². The van der Waals surface area contributed by atoms with Gasteiger partial charge in [0.05, 0.1) is 6.21 Å². The lowest BCUT2D eigenvalue weighted by atomic mass is 10.2. The molecule has 2 aromatic rings. The minimum absolute atomic E-state index is 0.158. The second kappa shape index (κ2) is 6.30. The van der Waals surface area contributed by atoms with E-state index >= 15 is 0 Å². The fourth-order valence-corrected chi connectivity index (χ4v) is 1.88. The molecule has 0 unspecified atom stereocenters. The number of phenolic OH excluding ortho intramolecular Hbond substituents is 1. The van der Waals surface area contributed by atoms with Gasteiger partial charge < -0.3 is 5.11 Å². The van der Waals surface area contributed by atoms with E-state index in [1.54, 1.807) is 5.43 Å². The van der Waals surface area contributed by atoms with Gasteiger partial charge in [-0.3, -0.25) is 5.43 Å². The standard InChI is InChI=1S/C13H6BrF5N2O/c14-6-1-2-7(22)5(3-6)4-20-21-13-11(18)9(16)8(15)10(17)12(13)19/h1-4,21-22H/b20-4-. The van der Waals surface area contributed by atoms with Gasteiger partial charge in [-0.05, 0) is 18.2 Å². The second-order valence-electron chi connectivity index (χ2n) is 4.02. The summed E-state index contributed by atoms with van der Waals surface area (Å²) in [7, 11) is 0. The minimum Gasteiger partial charge on any atom is -0.507 e. The summed E-state index contributed by atoms with van der Waals surface area (Å²) in [6.07, 6.45) is 0.956. The molecule has 0 spiro atoms. The average molecular weight is 381 g/mol. The maximum Gasteiger partial charge on any atom is 0.200 e. The van der Waals surface area contributed by atoms with E-state index in [4.69, 9.17) is 0 Å². The first-order valence-electron chi connectivity index (χ1n) is 5.62. The third kappa shape index (κ3) is 3.03. The Bertz CT molecular complexity index is 738. The predicted octanol–water partition coefficient (Wildman–Crippen LogP) is 4.30. The molecule has 0 atom stereocenters. The molecule has 0 amide bonds. The molecule has 0 saturated heterocycles. The molecule has 0 aliphatic heterocycles. The third-order valence-corrected chi connectivity index (χ3v) is 3.07. The quantitative estimate of drug-likeness (QED) is 0.274. The minimum atomic E-state index is -2.26. The van der Waals surface area contributed by atoms with Crippen LogP contribution in [0.2, 0.25) is 0 Å². The third-order valence-electron chi connectivity index (χ3n) is 2.58. The molecule has 116 valence electrons. The molecule has 2 aromatic carbocycles. The number of rotatable bonds is 3. The maximum absolute atomic E-state index is 13.4. The number of benzene rings is 2. The van der Waals surface area contributed by atoms with Crippen LogP contribution in [0.1, 0.15) is 5.56 Å². The number of aromatic hydroxyl groups is 1. The van der Waals surface area contributed by atoms with Gasteiger partial charge in [0.1, 0.15) is 11.4 Å². The lowest BCUT2D eigenvalue weighted by Gasteiger charge is -2.07. The van der Waals surface area contributed by atoms with Gasteiger partial charge in [0, 0.05) is 10.0 Å². The molecule has 0 fully saturated rings. The Kier molecular flexibility index (Phi) is 4.65. The van der Waals surface area contributed by atoms with Crippen molar-refractivity contribution >= 4 is 27.8 Å². The first-order chi connectivity index (χ1) is 10.3. The van der Waals surface area contributed by atoms with Gasteiger partial charge in [-0.2, -0.15) is 5.10 Å². The van der Waals surface area contributed by atoms with E-state index in [9.17, 15) is 27.1 Å². The zero-order valence-corrected chi connectivity index (χ0v) is 12.1. The summed E-state index contributed by atoms with van der Waals surface area (Å²) in [5.74, 6) is -10.7. The molecule has 0 aliphatic carbocycles. The molecule has 0 radical (unpaired) electrons. The lowest BCUT2D eigenvalue weighted by molar-refractivity contribution is 0.381. The highest BCUT2D eigenvalue weighted by atomic mass is 79.9. The Morgan fingerprint density at radius 1 is 0.955 bits per heavy atom. The van der Waals surface area contributed by atoms with E-state index in [0.29, 0.717) is 4.47 Å². The van der Waals surface area contributed by atoms with Crippen LogP contribution in [0.25, 0.3) is 0 Å². The fraction of sp³-hybridized carbons (Fsp3) is 0. The SMILES string of the molecule is Oc1ccc(Br)cc1/C=N\Nc1c(F)c(F)c(F)c(F)c1F. The van der Waals surface area contributed by atoms with Crippen LogP contribution >= 0.6 is 15.9 Å². The van der Waals surface area contributed by atoms with Crippen molar-refractivity contribution in [1.29, 1.82) is 0 Å². The van der Waals surface area contributed by atoms with E-state index in [0.717, 1.165) is 6.21 Å². The van der Waals surface area contributed by atoms with Crippen molar-refractivity contribution in [1.82, 2.24) is 0 Å². The van der Waals surface area contributed by atoms with Crippen LogP contribution in [0.4, 0.5) is 27.6 Å². The molecule has 0 bridgehead atoms. The smallest absolute Gasteiger partial charge is 0.200 e. The van der Waals surface area contributed by atoms with Gasteiger partial charge in [0.2, 0.25) is 5.82 Å². The van der Waals surface area contributed by atoms with E-state index in [1.807, 2.05) is 0 Å². The summed E-state index contributed by atoms with van der Waals surface area (Å²) in [5, 5.41) is 12.9. The van der Waals surface area contributed by atoms with Crippen molar-refractivity contribution in [2.45, 2.75) is 0 Å². The van der Waals surface area contributed by atoms with Crippen LogP contribution in [-0.4, -0.2) is 11.3 Å². The number of phenols is 1. The second-order valence-corrected chi connectivity index (χ2v) is 4.93. The maximum atomic E-state index is 13.4. The average Bonchev–Trinajstić information content (AvgIpc) is 2.50. The Labute approximate surface area is 129 Å². The van der Waals surface area contributed by atoms with E-state index < -0.39 is 34.8 Å². The molecule has 0 saturated carbocycles. The summed E-state index contributed by atoms with van der Waals surface area (Å²) >= 11 is 3.13. The Hall–Kier alpha value is -2.16. The first-order valence-corrected chi connectivity index (χ1v) is 6.41. The highest BCUT2D eigenvalue weighted by molar-refractivity contribution is 9.10. The highest BCUT2D eigenvalue weighted by Crippen LogP contribution is 2.27. The molecule has 22 heavy (non-hydrogen) atoms. The van der Waals surface area contributed by atoms with Crippen molar-refractivity contribution in [2.75, 3.05) is 5.43 Å². The first kappa shape index (κ1) is 16.2. The van der Waals surface area contributed by atoms with Gasteiger partial charge >= 0.3 is 0 Å². The molecular weight excluding hydrogens is 375 g/mol. The largest absolute Gasteiger partial charge is 0.507 e. The van der Waals surface area contributed by atoms with Crippen LogP contribution in [0.5, 0.6) is 5.75 Å². The number of nitrogens with zero attached hydrogens (tertiary/aromatic N) is 1. The topological polar surface area (TPSA) is 44.6 Å². The monoisotopic (exact) mass is 380 g/mol. The lowest BCUT2D eigenvalue weighted by Crippen LogP contribution is -2.06. The van der Waals surface area contributed by atoms with Gasteiger partial charge in [-0.15, -0.1) is 0 Å². The van der Waals surface area contributed by atoms with Gasteiger partial charge in [-0.25, -0.2) is 22.0 Å². The van der Waals surface area contributed by atoms with Crippen molar-refractivity contribution in [2.24, 2.45) is 5.10 Å². The summed E-state index contributed by atoms with van der Waals surface area (Å²) in [5.41, 5.74) is 0.600. The number of hydrazone groups is 1. The summed E-state index contributed by atoms with van der Waals surface area (Å²) in [6.45, 7) is 0. The van der Waals surface area contributed by atoms with Crippen molar-refractivity contribution in [3.63, 3.8) is 0 Å². The zero-order chi connectivity index (χ0) is 16.4. The molecule has 2 N–H and O–H groups in total. The number of anilines is 1. The van der Waals surface area contributed by atoms with Crippen molar-refractivity contribution in [3.05, 3.63) is 57.3 Å². The van der Waals surface area contributed by atoms with Crippen LogP contribution in [0.15, 0.2) is 27.8 Å². The molecule has 2 rings (SSSR count). The highest BCUT2D eigenvalue weighted by Gasteiger charge is 2.25. The zero-order valence-electron chi connectivity index (χ0n) is 10.5. The molecule has 0 aromatic heterocycles. The van der Waals surface area contributed by atoms with E-state index in [-0.39, 0.29) is 11.3 Å². The summed E-state index contributed by atoms with van der Waals surface area (Å²) < 4.78 is 66.1. The van der Waals surface area contributed by atoms with E-state index in [1.165, 1.54) is 18.2 Å². The van der Waals surface area contributed by atoms with Gasteiger partial charge in [0.15, 0.2) is 23.3 Å². The van der Waals surface area contributed by atoms with Crippen LogP contribution in [0, 0.1) is 29.1 Å². The Balaban J connectivity index is 2.33. The van der Waals surface area contributed by atoms with Gasteiger partial charge in [-0.1, -0.05) is 15.9 Å². The van der Waals surface area contributed by atoms with Crippen LogP contribution in [-0.2, 0) is 0 Å². The van der Waals surface area contributed by atoms with Crippen LogP contribution < -0.4 is 5.43 Å². The number of hydrogen-bond donors (Lipinski definition) is 2. The normalized spacial score (nSPS) is 11.2. The fourth-order valence-electron chi connectivity index (χ4n) is 1.50. The Morgan fingerprint density at radius 3 is 2.09 bits per heavy atom. The van der Waals surface area contributed by atoms with E-state index in [2.05, 4.69) is 21.0 Å².